The number of nitrogens with zero attached hydrogens (tertiary/aromatic N) is 1. The van der Waals surface area contributed by atoms with Crippen LogP contribution in [0.5, 0.6) is 5.75 Å². The van der Waals surface area contributed by atoms with Crippen LogP contribution in [0, 0.1) is 11.8 Å². The predicted molar refractivity (Wildman–Crippen MR) is 164 cm³/mol. The van der Waals surface area contributed by atoms with Gasteiger partial charge in [-0.1, -0.05) is 40.0 Å². The zero-order chi connectivity index (χ0) is 29.4. The highest BCUT2D eigenvalue weighted by Crippen LogP contribution is 2.31. The third-order valence-corrected chi connectivity index (χ3v) is 8.18. The molecule has 222 valence electrons. The molecule has 0 bridgehead atoms. The van der Waals surface area contributed by atoms with Crippen molar-refractivity contribution in [2.75, 3.05) is 26.2 Å². The Hall–Kier alpha value is -3.12. The number of aryl methyl sites for hydroxylation is 1. The van der Waals surface area contributed by atoms with Gasteiger partial charge in [-0.25, -0.2) is 4.79 Å². The Morgan fingerprint density at radius 2 is 1.63 bits per heavy atom. The van der Waals surface area contributed by atoms with E-state index in [1.807, 2.05) is 38.1 Å². The van der Waals surface area contributed by atoms with Gasteiger partial charge in [-0.2, -0.15) is 0 Å². The lowest BCUT2D eigenvalue weighted by molar-refractivity contribution is 0.0378. The molecule has 0 aliphatic carbocycles. The number of hydrogen-bond donors (Lipinski definition) is 0. The normalized spacial score (nSPS) is 17.7. The molecule has 1 fully saturated rings. The minimum Gasteiger partial charge on any atom is -0.494 e. The molecule has 1 aliphatic heterocycles. The van der Waals surface area contributed by atoms with Gasteiger partial charge in [-0.05, 0) is 87.4 Å². The Balaban J connectivity index is 1.43. The van der Waals surface area contributed by atoms with Gasteiger partial charge in [-0.3, -0.25) is 4.79 Å². The van der Waals surface area contributed by atoms with Gasteiger partial charge in [0.2, 0.25) is 0 Å². The summed E-state index contributed by atoms with van der Waals surface area (Å²) in [6.07, 6.45) is 7.20. The van der Waals surface area contributed by atoms with Crippen LogP contribution in [-0.4, -0.2) is 49.0 Å². The summed E-state index contributed by atoms with van der Waals surface area (Å²) in [7, 11) is 0. The van der Waals surface area contributed by atoms with Crippen LogP contribution in [0.3, 0.4) is 0 Å². The Morgan fingerprint density at radius 1 is 0.951 bits per heavy atom. The second-order valence-corrected chi connectivity index (χ2v) is 11.8. The summed E-state index contributed by atoms with van der Waals surface area (Å²) in [5, 5.41) is 0.646. The Kier molecular flexibility index (Phi) is 11.0. The number of carbonyl (C=O) groups excluding carboxylic acids is 2. The first-order valence-corrected chi connectivity index (χ1v) is 15.6. The molecular formula is C35H47NO5. The van der Waals surface area contributed by atoms with Gasteiger partial charge in [0, 0.05) is 37.0 Å². The largest absolute Gasteiger partial charge is 0.494 e. The zero-order valence-corrected chi connectivity index (χ0v) is 25.5. The maximum absolute atomic E-state index is 13.8. The molecule has 6 heteroatoms. The van der Waals surface area contributed by atoms with E-state index in [1.54, 1.807) is 18.2 Å². The van der Waals surface area contributed by atoms with E-state index in [1.165, 1.54) is 32.4 Å². The number of furan rings is 1. The second kappa shape index (κ2) is 14.7. The minimum absolute atomic E-state index is 0.114. The van der Waals surface area contributed by atoms with Crippen LogP contribution in [0.4, 0.5) is 0 Å². The quantitative estimate of drug-likeness (QED) is 0.113. The molecule has 0 unspecified atom stereocenters. The van der Waals surface area contributed by atoms with E-state index in [2.05, 4.69) is 25.7 Å². The zero-order valence-electron chi connectivity index (χ0n) is 25.5. The van der Waals surface area contributed by atoms with E-state index in [-0.39, 0.29) is 11.9 Å². The standard InChI is InChI=1S/C35H47NO5/c1-6-9-11-32-33(30-21-28(14-17-31(30)41-32)35(38)40-24(4)5)34(37)27-12-15-29(16-13-27)39-19-10-18-36-22-25(7-2)20-26(8-3)23-36/h12-17,21,24-26H,6-11,18-20,22-23H2,1-5H3/t25-,26+. The van der Waals surface area contributed by atoms with Crippen molar-refractivity contribution in [3.63, 3.8) is 0 Å². The molecule has 41 heavy (non-hydrogen) atoms. The van der Waals surface area contributed by atoms with Gasteiger partial charge in [-0.15, -0.1) is 0 Å². The first-order chi connectivity index (χ1) is 19.8. The van der Waals surface area contributed by atoms with Crippen molar-refractivity contribution >= 4 is 22.7 Å². The van der Waals surface area contributed by atoms with Gasteiger partial charge >= 0.3 is 5.97 Å². The number of fused-ring (bicyclic) bond motifs is 1. The van der Waals surface area contributed by atoms with E-state index in [4.69, 9.17) is 13.9 Å². The fourth-order valence-electron chi connectivity index (χ4n) is 5.84. The molecule has 2 atom stereocenters. The summed E-state index contributed by atoms with van der Waals surface area (Å²) >= 11 is 0. The summed E-state index contributed by atoms with van der Waals surface area (Å²) < 4.78 is 17.5. The maximum atomic E-state index is 13.8. The van der Waals surface area contributed by atoms with Crippen LogP contribution in [0.1, 0.15) is 105 Å². The van der Waals surface area contributed by atoms with Crippen LogP contribution in [0.25, 0.3) is 11.0 Å². The number of piperidine rings is 1. The molecule has 1 aromatic heterocycles. The molecule has 0 amide bonds. The number of benzene rings is 2. The summed E-state index contributed by atoms with van der Waals surface area (Å²) in [6, 6.07) is 12.5. The van der Waals surface area contributed by atoms with Crippen LogP contribution >= 0.6 is 0 Å². The Labute approximate surface area is 245 Å². The lowest BCUT2D eigenvalue weighted by atomic mass is 9.86. The average molecular weight is 562 g/mol. The Morgan fingerprint density at radius 3 is 2.27 bits per heavy atom. The number of ketones is 1. The fraction of sp³-hybridized carbons (Fsp3) is 0.543. The van der Waals surface area contributed by atoms with Crippen LogP contribution in [0.15, 0.2) is 46.9 Å². The summed E-state index contributed by atoms with van der Waals surface area (Å²) in [6.45, 7) is 14.5. The average Bonchev–Trinajstić information content (AvgIpc) is 3.35. The first-order valence-electron chi connectivity index (χ1n) is 15.6. The molecule has 3 aromatic rings. The van der Waals surface area contributed by atoms with Gasteiger partial charge in [0.1, 0.15) is 17.1 Å². The van der Waals surface area contributed by atoms with Gasteiger partial charge in [0.05, 0.1) is 23.8 Å². The smallest absolute Gasteiger partial charge is 0.338 e. The van der Waals surface area contributed by atoms with Crippen molar-refractivity contribution in [3.05, 3.63) is 64.9 Å². The SMILES string of the molecule is CCCCc1oc2ccc(C(=O)OC(C)C)cc2c1C(=O)c1ccc(OCCCN2C[C@H](CC)C[C@H](CC)C2)cc1. The van der Waals surface area contributed by atoms with Crippen molar-refractivity contribution in [1.82, 2.24) is 4.90 Å². The maximum Gasteiger partial charge on any atom is 0.338 e. The molecule has 1 saturated heterocycles. The lowest BCUT2D eigenvalue weighted by Gasteiger charge is -2.37. The third-order valence-electron chi connectivity index (χ3n) is 8.18. The second-order valence-electron chi connectivity index (χ2n) is 11.8. The van der Waals surface area contributed by atoms with Gasteiger partial charge in [0.25, 0.3) is 0 Å². The van der Waals surface area contributed by atoms with Gasteiger partial charge < -0.3 is 18.8 Å². The van der Waals surface area contributed by atoms with Crippen molar-refractivity contribution in [1.29, 1.82) is 0 Å². The van der Waals surface area contributed by atoms with Gasteiger partial charge in [0.15, 0.2) is 5.78 Å². The fourth-order valence-corrected chi connectivity index (χ4v) is 5.84. The summed E-state index contributed by atoms with van der Waals surface area (Å²) in [5.74, 6) is 2.53. The number of ether oxygens (including phenoxy) is 2. The molecule has 2 aromatic carbocycles. The predicted octanol–water partition coefficient (Wildman–Crippen LogP) is 8.10. The third kappa shape index (κ3) is 8.00. The van der Waals surface area contributed by atoms with Crippen LogP contribution < -0.4 is 4.74 Å². The number of likely N-dealkylation sites (tertiary alicyclic amines) is 1. The molecule has 0 spiro atoms. The highest BCUT2D eigenvalue weighted by Gasteiger charge is 2.25. The van der Waals surface area contributed by atoms with Crippen molar-refractivity contribution in [3.8, 4) is 5.75 Å². The van der Waals surface area contributed by atoms with Crippen molar-refractivity contribution in [2.45, 2.75) is 85.7 Å². The molecule has 6 nitrogen and oxygen atoms in total. The lowest BCUT2D eigenvalue weighted by Crippen LogP contribution is -2.41. The van der Waals surface area contributed by atoms with E-state index < -0.39 is 5.97 Å². The highest BCUT2D eigenvalue weighted by atomic mass is 16.5. The first kappa shape index (κ1) is 30.8. The molecule has 2 heterocycles. The van der Waals surface area contributed by atoms with Crippen molar-refractivity contribution < 1.29 is 23.5 Å². The molecule has 0 radical (unpaired) electrons. The minimum atomic E-state index is -0.409. The van der Waals surface area contributed by atoms with E-state index >= 15 is 0 Å². The Bertz CT molecular complexity index is 1280. The van der Waals surface area contributed by atoms with Crippen molar-refractivity contribution in [2.24, 2.45) is 11.8 Å². The molecule has 0 N–H and O–H groups in total. The summed E-state index contributed by atoms with van der Waals surface area (Å²) in [5.41, 5.74) is 2.10. The molecular weight excluding hydrogens is 514 g/mol. The van der Waals surface area contributed by atoms with E-state index in [0.29, 0.717) is 46.4 Å². The monoisotopic (exact) mass is 561 g/mol. The topological polar surface area (TPSA) is 69.0 Å². The number of hydrogen-bond acceptors (Lipinski definition) is 6. The number of unbranched alkanes of at least 4 members (excludes halogenated alkanes) is 1. The molecule has 1 aliphatic rings. The van der Waals surface area contributed by atoms with E-state index in [0.717, 1.165) is 43.4 Å². The van der Waals surface area contributed by atoms with Crippen LogP contribution in [-0.2, 0) is 11.2 Å². The number of carbonyl (C=O) groups is 2. The van der Waals surface area contributed by atoms with Crippen LogP contribution in [0.2, 0.25) is 0 Å². The number of esters is 1. The molecule has 0 saturated carbocycles. The van der Waals surface area contributed by atoms with E-state index in [9.17, 15) is 9.59 Å². The summed E-state index contributed by atoms with van der Waals surface area (Å²) in [4.78, 5) is 29.0. The number of rotatable bonds is 14. The highest BCUT2D eigenvalue weighted by molar-refractivity contribution is 6.17. The molecule has 4 rings (SSSR count).